The third-order valence-corrected chi connectivity index (χ3v) is 18.8. The minimum Gasteiger partial charge on any atom is -0.497 e. The first-order chi connectivity index (χ1) is 46.4. The molecule has 0 aliphatic rings. The van der Waals surface area contributed by atoms with Crippen molar-refractivity contribution in [3.05, 3.63) is 216 Å². The summed E-state index contributed by atoms with van der Waals surface area (Å²) in [4.78, 5) is 53.8. The van der Waals surface area contributed by atoms with Crippen molar-refractivity contribution in [2.45, 2.75) is 118 Å². The average Bonchev–Trinajstić information content (AvgIpc) is 0.749. The lowest BCUT2D eigenvalue weighted by molar-refractivity contribution is -0.00435. The third-order valence-electron chi connectivity index (χ3n) is 16.7. The van der Waals surface area contributed by atoms with Crippen molar-refractivity contribution in [1.29, 1.82) is 5.26 Å². The zero-order valence-corrected chi connectivity index (χ0v) is 58.2. The van der Waals surface area contributed by atoms with Crippen molar-refractivity contribution in [3.8, 4) is 17.6 Å². The van der Waals surface area contributed by atoms with Gasteiger partial charge in [0.1, 0.15) is 33.8 Å². The number of methoxy groups -OCH3 is 2. The fourth-order valence-corrected chi connectivity index (χ4v) is 13.6. The lowest BCUT2D eigenvalue weighted by atomic mass is 9.80. The molecule has 0 fully saturated rings. The number of nitriles is 1. The van der Waals surface area contributed by atoms with E-state index in [2.05, 4.69) is 113 Å². The maximum absolute atomic E-state index is 13.4. The number of hydrogen-bond acceptors (Lipinski definition) is 19. The number of carbonyl (C=O) groups excluding carboxylic acids is 1. The number of aliphatic hydroxyl groups excluding tert-OH is 2. The first-order valence-corrected chi connectivity index (χ1v) is 34.0. The zero-order valence-electron chi connectivity index (χ0n) is 57.3. The summed E-state index contributed by atoms with van der Waals surface area (Å²) < 4.78 is 50.3. The highest BCUT2D eigenvalue weighted by molar-refractivity contribution is 7.44. The van der Waals surface area contributed by atoms with E-state index in [1.54, 1.807) is 20.3 Å². The molecule has 3 aromatic heterocycles. The number of aldehydes is 1. The average molecular weight is 1330 g/mol. The van der Waals surface area contributed by atoms with Crippen LogP contribution in [0, 0.1) is 11.3 Å². The third kappa shape index (κ3) is 18.4. The maximum Gasteiger partial charge on any atom is 0.336 e. The Kier molecular flexibility index (Phi) is 28.3. The van der Waals surface area contributed by atoms with Crippen LogP contribution in [0.2, 0.25) is 0 Å². The van der Waals surface area contributed by atoms with Crippen LogP contribution >= 0.6 is 8.53 Å². The Labute approximate surface area is 563 Å². The van der Waals surface area contributed by atoms with Crippen LogP contribution in [-0.4, -0.2) is 107 Å². The van der Waals surface area contributed by atoms with Crippen LogP contribution in [0.3, 0.4) is 0 Å². The standard InChI is InChI=1S/C46H56N3O7P.C16H21NO4.C14H15NO3/c1-9-48(10-2)38-21-26-41-42(32-45(50)55-44(41)31-38)43(56-57(54-29-14-28-47)49(33(3)4)34(5)6)27-30-53-46(35-15-12-11-13-16-35,36-17-22-39(51-7)23-18-36)37-19-24-40(52-8)25-20-37;1-3-17(4-2)11-5-6-12-13(14(19)7-8-18)10-16(20)21-15(12)9-11;1-3-15(4-2)11-5-6-12-10(9-16)7-14(17)18-13(12)8-11/h11-13,15-26,31-34,43H,9-10,14,27,29-30H2,1-8H3;5-6,9-10,14,18-19H,3-4,7-8H2,1-2H3;5-9H,3-4H2,1-2H3. The molecular formula is C76H92N5O14P. The summed E-state index contributed by atoms with van der Waals surface area (Å²) in [6, 6.07) is 49.5. The van der Waals surface area contributed by atoms with Gasteiger partial charge in [-0.05, 0) is 158 Å². The van der Waals surface area contributed by atoms with Crippen LogP contribution in [0.4, 0.5) is 17.1 Å². The lowest BCUT2D eigenvalue weighted by Crippen LogP contribution is -2.35. The molecule has 3 atom stereocenters. The number of carbonyl (C=O) groups is 1. The molecule has 3 heterocycles. The first kappa shape index (κ1) is 74.7. The van der Waals surface area contributed by atoms with E-state index in [4.69, 9.17) is 41.6 Å². The van der Waals surface area contributed by atoms with E-state index in [-0.39, 0.29) is 44.7 Å². The highest BCUT2D eigenvalue weighted by atomic mass is 31.2. The van der Waals surface area contributed by atoms with Crippen LogP contribution in [0.15, 0.2) is 179 Å². The fraction of sp³-hybridized carbons (Fsp3) is 0.382. The molecule has 0 bridgehead atoms. The summed E-state index contributed by atoms with van der Waals surface area (Å²) in [5.74, 6) is 1.46. The Balaban J connectivity index is 0.000000268. The predicted molar refractivity (Wildman–Crippen MR) is 382 cm³/mol. The molecule has 2 N–H and O–H groups in total. The van der Waals surface area contributed by atoms with Gasteiger partial charge in [-0.3, -0.25) is 4.79 Å². The topological polar surface area (TPSA) is 231 Å². The van der Waals surface area contributed by atoms with Gasteiger partial charge in [0.2, 0.25) is 0 Å². The molecule has 0 aliphatic heterocycles. The number of hydrogen-bond donors (Lipinski definition) is 2. The van der Waals surface area contributed by atoms with Gasteiger partial charge < -0.3 is 61.4 Å². The minimum absolute atomic E-state index is 0.0696. The number of rotatable bonds is 31. The van der Waals surface area contributed by atoms with Crippen LogP contribution in [0.25, 0.3) is 32.9 Å². The molecule has 3 unspecified atom stereocenters. The maximum atomic E-state index is 13.4. The zero-order chi connectivity index (χ0) is 69.5. The number of ether oxygens (including phenoxy) is 3. The second-order valence-corrected chi connectivity index (χ2v) is 24.5. The Bertz CT molecular complexity index is 4090. The van der Waals surface area contributed by atoms with Crippen molar-refractivity contribution in [2.75, 3.05) is 88.0 Å². The Morgan fingerprint density at radius 2 is 0.979 bits per heavy atom. The molecule has 0 aliphatic carbocycles. The monoisotopic (exact) mass is 1330 g/mol. The van der Waals surface area contributed by atoms with Crippen molar-refractivity contribution in [3.63, 3.8) is 0 Å². The van der Waals surface area contributed by atoms with Crippen LogP contribution in [0.5, 0.6) is 11.5 Å². The Morgan fingerprint density at radius 3 is 1.41 bits per heavy atom. The number of anilines is 3. The summed E-state index contributed by atoms with van der Waals surface area (Å²) >= 11 is 0. The van der Waals surface area contributed by atoms with Gasteiger partial charge in [-0.1, -0.05) is 54.6 Å². The molecule has 19 nitrogen and oxygen atoms in total. The summed E-state index contributed by atoms with van der Waals surface area (Å²) in [6.45, 7) is 26.2. The minimum atomic E-state index is -1.69. The molecule has 0 spiro atoms. The van der Waals surface area contributed by atoms with Gasteiger partial charge in [0, 0.05) is 146 Å². The highest BCUT2D eigenvalue weighted by Gasteiger charge is 2.39. The smallest absolute Gasteiger partial charge is 0.336 e. The van der Waals surface area contributed by atoms with E-state index in [1.165, 1.54) is 18.2 Å². The first-order valence-electron chi connectivity index (χ1n) is 32.9. The van der Waals surface area contributed by atoms with E-state index in [9.17, 15) is 29.5 Å². The Morgan fingerprint density at radius 1 is 0.552 bits per heavy atom. The molecule has 20 heteroatoms. The predicted octanol–water partition coefficient (Wildman–Crippen LogP) is 14.9. The van der Waals surface area contributed by atoms with Crippen LogP contribution in [0.1, 0.15) is 139 Å². The second kappa shape index (κ2) is 36.4. The second-order valence-electron chi connectivity index (χ2n) is 23.0. The van der Waals surface area contributed by atoms with Gasteiger partial charge in [0.05, 0.1) is 52.1 Å². The number of aliphatic hydroxyl groups is 2. The van der Waals surface area contributed by atoms with Gasteiger partial charge in [-0.2, -0.15) is 5.26 Å². The van der Waals surface area contributed by atoms with E-state index in [1.807, 2.05) is 109 Å². The van der Waals surface area contributed by atoms with E-state index >= 15 is 0 Å². The van der Waals surface area contributed by atoms with Gasteiger partial charge in [0.15, 0.2) is 6.29 Å². The number of benzene rings is 6. The van der Waals surface area contributed by atoms with Crippen molar-refractivity contribution in [2.24, 2.45) is 0 Å². The van der Waals surface area contributed by atoms with Gasteiger partial charge >= 0.3 is 16.9 Å². The molecule has 9 rings (SSSR count). The summed E-state index contributed by atoms with van der Waals surface area (Å²) in [6.07, 6.45) is -0.103. The normalized spacial score (nSPS) is 12.4. The van der Waals surface area contributed by atoms with Gasteiger partial charge in [-0.15, -0.1) is 0 Å². The van der Waals surface area contributed by atoms with E-state index in [0.29, 0.717) is 56.9 Å². The summed E-state index contributed by atoms with van der Waals surface area (Å²) in [7, 11) is 1.60. The largest absolute Gasteiger partial charge is 0.497 e. The van der Waals surface area contributed by atoms with E-state index in [0.717, 1.165) is 89.9 Å². The molecule has 9 aromatic rings. The molecule has 0 amide bonds. The quantitative estimate of drug-likeness (QED) is 0.0135. The van der Waals surface area contributed by atoms with Gasteiger partial charge in [0.25, 0.3) is 8.53 Å². The molecule has 6 aromatic carbocycles. The van der Waals surface area contributed by atoms with Crippen molar-refractivity contribution >= 4 is 64.8 Å². The molecule has 0 saturated heterocycles. The van der Waals surface area contributed by atoms with E-state index < -0.39 is 43.2 Å². The molecular weight excluding hydrogens is 1240 g/mol. The highest BCUT2D eigenvalue weighted by Crippen LogP contribution is 2.52. The lowest BCUT2D eigenvalue weighted by Gasteiger charge is -2.38. The van der Waals surface area contributed by atoms with Gasteiger partial charge in [-0.25, -0.2) is 19.1 Å². The van der Waals surface area contributed by atoms with Crippen molar-refractivity contribution in [1.82, 2.24) is 4.67 Å². The van der Waals surface area contributed by atoms with Crippen molar-refractivity contribution < 1.29 is 51.5 Å². The fourth-order valence-electron chi connectivity index (χ4n) is 11.9. The molecule has 0 radical (unpaired) electrons. The summed E-state index contributed by atoms with van der Waals surface area (Å²) in [5.41, 5.74) is 6.07. The number of fused-ring (bicyclic) bond motifs is 3. The van der Waals surface area contributed by atoms with Crippen LogP contribution in [-0.2, 0) is 19.4 Å². The van der Waals surface area contributed by atoms with Crippen LogP contribution < -0.4 is 41.1 Å². The SMILES string of the molecule is CCN(CC)c1ccc2c(C(CCOC(c3ccccc3)(c3ccc(OC)cc3)c3ccc(OC)cc3)OP(OCCC#N)N(C(C)C)C(C)C)cc(=O)oc2c1.CCN(CC)c1ccc2c(C(O)CCO)cc(=O)oc2c1.CCN(CC)c1ccc2c(C=O)cc(=O)oc2c1. The summed E-state index contributed by atoms with van der Waals surface area (Å²) in [5, 5.41) is 30.6. The number of nitrogens with zero attached hydrogens (tertiary/aromatic N) is 5. The molecule has 0 saturated carbocycles. The molecule has 510 valence electrons. The Hall–Kier alpha value is -8.70. The molecule has 96 heavy (non-hydrogen) atoms.